The molecule has 0 bridgehead atoms. The average Bonchev–Trinajstić information content (AvgIpc) is 2.09. The first-order valence-corrected chi connectivity index (χ1v) is 4.77. The van der Waals surface area contributed by atoms with E-state index in [1.54, 1.807) is 6.92 Å². The first-order valence-electron chi connectivity index (χ1n) is 4.77. The van der Waals surface area contributed by atoms with Crippen LogP contribution in [-0.2, 0) is 4.79 Å². The van der Waals surface area contributed by atoms with E-state index in [1.165, 1.54) is 0 Å². The topological polar surface area (TPSA) is 99.2 Å². The second-order valence-corrected chi connectivity index (χ2v) is 3.40. The van der Waals surface area contributed by atoms with Gasteiger partial charge >= 0.3 is 5.97 Å². The second kappa shape index (κ2) is 7.46. The van der Waals surface area contributed by atoms with Crippen molar-refractivity contribution in [3.63, 3.8) is 0 Å². The Kier molecular flexibility index (Phi) is 6.96. The molecule has 0 aliphatic heterocycles. The van der Waals surface area contributed by atoms with E-state index in [2.05, 4.69) is 5.32 Å². The lowest BCUT2D eigenvalue weighted by Crippen LogP contribution is -2.30. The van der Waals surface area contributed by atoms with Crippen molar-refractivity contribution in [1.82, 2.24) is 5.32 Å². The van der Waals surface area contributed by atoms with Crippen molar-refractivity contribution in [2.75, 3.05) is 13.1 Å². The lowest BCUT2D eigenvalue weighted by atomic mass is 10.1. The van der Waals surface area contributed by atoms with Gasteiger partial charge in [0.05, 0.1) is 0 Å². The maximum absolute atomic E-state index is 10.3. The first kappa shape index (κ1) is 13.1. The van der Waals surface area contributed by atoms with Crippen molar-refractivity contribution in [2.45, 2.75) is 32.2 Å². The van der Waals surface area contributed by atoms with Crippen molar-refractivity contribution in [1.29, 1.82) is 5.41 Å². The van der Waals surface area contributed by atoms with Gasteiger partial charge in [-0.2, -0.15) is 0 Å². The molecular weight excluding hydrogens is 182 g/mol. The normalized spacial score (nSPS) is 12.4. The predicted octanol–water partition coefficient (Wildman–Crippen LogP) is 0.198. The molecule has 0 aromatic heterocycles. The SMILES string of the molecule is CC(=N)CNCCCCC(N)C(=O)O. The monoisotopic (exact) mass is 201 g/mol. The maximum Gasteiger partial charge on any atom is 0.320 e. The zero-order valence-corrected chi connectivity index (χ0v) is 8.55. The Morgan fingerprint density at radius 2 is 2.21 bits per heavy atom. The summed E-state index contributed by atoms with van der Waals surface area (Å²) in [6, 6.07) is -0.737. The number of hydrogen-bond donors (Lipinski definition) is 4. The van der Waals surface area contributed by atoms with E-state index in [-0.39, 0.29) is 0 Å². The Labute approximate surface area is 84.2 Å². The first-order chi connectivity index (χ1) is 6.54. The van der Waals surface area contributed by atoms with E-state index in [0.29, 0.717) is 18.7 Å². The molecule has 0 saturated heterocycles. The van der Waals surface area contributed by atoms with E-state index >= 15 is 0 Å². The molecule has 0 saturated carbocycles. The number of unbranched alkanes of at least 4 members (excludes halogenated alkanes) is 1. The van der Waals surface area contributed by atoms with Crippen molar-refractivity contribution >= 4 is 11.7 Å². The molecule has 5 nitrogen and oxygen atoms in total. The van der Waals surface area contributed by atoms with Gasteiger partial charge in [0.25, 0.3) is 0 Å². The Balaban J connectivity index is 3.21. The number of rotatable bonds is 8. The van der Waals surface area contributed by atoms with Crippen molar-refractivity contribution in [3.8, 4) is 0 Å². The van der Waals surface area contributed by atoms with E-state index in [4.69, 9.17) is 16.2 Å². The van der Waals surface area contributed by atoms with Crippen LogP contribution in [0.4, 0.5) is 0 Å². The zero-order chi connectivity index (χ0) is 11.0. The molecule has 14 heavy (non-hydrogen) atoms. The number of carbonyl (C=O) groups is 1. The van der Waals surface area contributed by atoms with Gasteiger partial charge in [-0.05, 0) is 26.3 Å². The molecule has 82 valence electrons. The van der Waals surface area contributed by atoms with Gasteiger partial charge in [-0.25, -0.2) is 0 Å². The molecule has 0 amide bonds. The Hall–Kier alpha value is -0.940. The minimum Gasteiger partial charge on any atom is -0.480 e. The van der Waals surface area contributed by atoms with Crippen LogP contribution < -0.4 is 11.1 Å². The molecule has 0 aromatic rings. The molecule has 0 spiro atoms. The van der Waals surface area contributed by atoms with Crippen molar-refractivity contribution < 1.29 is 9.90 Å². The second-order valence-electron chi connectivity index (χ2n) is 3.40. The minimum atomic E-state index is -0.937. The van der Waals surface area contributed by atoms with E-state index in [0.717, 1.165) is 19.4 Å². The lowest BCUT2D eigenvalue weighted by molar-refractivity contribution is -0.138. The number of nitrogens with one attached hydrogen (secondary N) is 2. The van der Waals surface area contributed by atoms with Crippen molar-refractivity contribution in [2.24, 2.45) is 5.73 Å². The molecule has 0 aliphatic rings. The van der Waals surface area contributed by atoms with Gasteiger partial charge in [-0.3, -0.25) is 4.79 Å². The number of hydrogen-bond acceptors (Lipinski definition) is 4. The molecule has 0 aliphatic carbocycles. The summed E-state index contributed by atoms with van der Waals surface area (Å²) >= 11 is 0. The quantitative estimate of drug-likeness (QED) is 0.333. The fourth-order valence-electron chi connectivity index (χ4n) is 1.01. The van der Waals surface area contributed by atoms with Gasteiger partial charge in [0, 0.05) is 12.3 Å². The van der Waals surface area contributed by atoms with E-state index in [9.17, 15) is 4.79 Å². The Morgan fingerprint density at radius 1 is 1.57 bits per heavy atom. The van der Waals surface area contributed by atoms with Gasteiger partial charge in [-0.1, -0.05) is 6.42 Å². The van der Waals surface area contributed by atoms with Crippen LogP contribution in [0.3, 0.4) is 0 Å². The van der Waals surface area contributed by atoms with Gasteiger partial charge in [-0.15, -0.1) is 0 Å². The standard InChI is InChI=1S/C9H19N3O2/c1-7(10)6-12-5-3-2-4-8(11)9(13)14/h8,10,12H,2-6,11H2,1H3,(H,13,14). The highest BCUT2D eigenvalue weighted by atomic mass is 16.4. The third kappa shape index (κ3) is 7.70. The Bertz CT molecular complexity index is 194. The fraction of sp³-hybridized carbons (Fsp3) is 0.778. The van der Waals surface area contributed by atoms with Gasteiger partial charge in [0.1, 0.15) is 6.04 Å². The lowest BCUT2D eigenvalue weighted by Gasteiger charge is -2.06. The Morgan fingerprint density at radius 3 is 2.71 bits per heavy atom. The molecule has 0 heterocycles. The highest BCUT2D eigenvalue weighted by molar-refractivity contribution is 5.80. The fourth-order valence-corrected chi connectivity index (χ4v) is 1.01. The smallest absolute Gasteiger partial charge is 0.320 e. The number of carboxylic acids is 1. The largest absolute Gasteiger partial charge is 0.480 e. The number of nitrogens with two attached hydrogens (primary N) is 1. The van der Waals surface area contributed by atoms with Crippen LogP contribution in [0.5, 0.6) is 0 Å². The predicted molar refractivity (Wildman–Crippen MR) is 55.7 cm³/mol. The van der Waals surface area contributed by atoms with E-state index in [1.807, 2.05) is 0 Å². The van der Waals surface area contributed by atoms with Gasteiger partial charge in [0.2, 0.25) is 0 Å². The molecular formula is C9H19N3O2. The van der Waals surface area contributed by atoms with Crippen LogP contribution in [0.1, 0.15) is 26.2 Å². The number of aliphatic carboxylic acids is 1. The van der Waals surface area contributed by atoms with Crippen LogP contribution in [0.15, 0.2) is 0 Å². The van der Waals surface area contributed by atoms with Crippen LogP contribution in [0, 0.1) is 5.41 Å². The molecule has 1 unspecified atom stereocenters. The molecule has 0 fully saturated rings. The summed E-state index contributed by atoms with van der Waals surface area (Å²) in [4.78, 5) is 10.3. The van der Waals surface area contributed by atoms with Crippen LogP contribution >= 0.6 is 0 Å². The summed E-state index contributed by atoms with van der Waals surface area (Å²) in [6.45, 7) is 3.15. The summed E-state index contributed by atoms with van der Waals surface area (Å²) in [5, 5.41) is 18.7. The highest BCUT2D eigenvalue weighted by Gasteiger charge is 2.09. The molecule has 0 aromatic carbocycles. The van der Waals surface area contributed by atoms with E-state index < -0.39 is 12.0 Å². The third-order valence-electron chi connectivity index (χ3n) is 1.83. The van der Waals surface area contributed by atoms with Gasteiger partial charge in [0.15, 0.2) is 0 Å². The molecule has 5 heteroatoms. The summed E-state index contributed by atoms with van der Waals surface area (Å²) in [5.41, 5.74) is 5.93. The minimum absolute atomic E-state index is 0.514. The van der Waals surface area contributed by atoms with Crippen molar-refractivity contribution in [3.05, 3.63) is 0 Å². The van der Waals surface area contributed by atoms with Crippen LogP contribution in [0.2, 0.25) is 0 Å². The summed E-state index contributed by atoms with van der Waals surface area (Å²) in [7, 11) is 0. The summed E-state index contributed by atoms with van der Waals surface area (Å²) < 4.78 is 0. The average molecular weight is 201 g/mol. The third-order valence-corrected chi connectivity index (χ3v) is 1.83. The maximum atomic E-state index is 10.3. The summed E-state index contributed by atoms with van der Waals surface area (Å²) in [5.74, 6) is -0.937. The molecule has 0 radical (unpaired) electrons. The van der Waals surface area contributed by atoms with Crippen LogP contribution in [-0.4, -0.2) is 35.9 Å². The summed E-state index contributed by atoms with van der Waals surface area (Å²) in [6.07, 6.45) is 2.21. The van der Waals surface area contributed by atoms with Gasteiger partial charge < -0.3 is 21.6 Å². The molecule has 1 atom stereocenters. The highest BCUT2D eigenvalue weighted by Crippen LogP contribution is 1.97. The number of carboxylic acid groups (broad SMARTS) is 1. The molecule has 5 N–H and O–H groups in total. The zero-order valence-electron chi connectivity index (χ0n) is 8.55. The molecule has 0 rings (SSSR count). The van der Waals surface area contributed by atoms with Crippen LogP contribution in [0.25, 0.3) is 0 Å².